The zero-order chi connectivity index (χ0) is 14.0. The van der Waals surface area contributed by atoms with E-state index in [1.807, 2.05) is 0 Å². The fourth-order valence-electron chi connectivity index (χ4n) is 2.37. The predicted molar refractivity (Wildman–Crippen MR) is 76.7 cm³/mol. The van der Waals surface area contributed by atoms with Gasteiger partial charge < -0.3 is 15.5 Å². The summed E-state index contributed by atoms with van der Waals surface area (Å²) >= 11 is 6.21. The minimum absolute atomic E-state index is 0.343. The largest absolute Gasteiger partial charge is 0.366 e. The van der Waals surface area contributed by atoms with Crippen LogP contribution in [0.4, 0.5) is 5.82 Å². The number of piperidine rings is 1. The van der Waals surface area contributed by atoms with E-state index in [0.29, 0.717) is 16.6 Å². The van der Waals surface area contributed by atoms with Gasteiger partial charge in [-0.2, -0.15) is 0 Å². The first-order valence-corrected chi connectivity index (χ1v) is 6.73. The van der Waals surface area contributed by atoms with Gasteiger partial charge in [-0.3, -0.25) is 4.79 Å². The van der Waals surface area contributed by atoms with Crippen LogP contribution in [0.15, 0.2) is 12.3 Å². The molecule has 1 aliphatic heterocycles. The molecule has 0 spiro atoms. The number of likely N-dealkylation sites (N-methyl/N-ethyl adjacent to an activating group) is 1. The zero-order valence-corrected chi connectivity index (χ0v) is 12.0. The maximum atomic E-state index is 11.1. The second-order valence-corrected chi connectivity index (χ2v) is 5.51. The maximum absolute atomic E-state index is 11.1. The van der Waals surface area contributed by atoms with Crippen molar-refractivity contribution in [3.63, 3.8) is 0 Å². The van der Waals surface area contributed by atoms with Crippen LogP contribution in [0.2, 0.25) is 5.02 Å². The second-order valence-electron chi connectivity index (χ2n) is 5.10. The number of aromatic nitrogens is 1. The molecule has 0 radical (unpaired) electrons. The van der Waals surface area contributed by atoms with Crippen molar-refractivity contribution >= 4 is 23.3 Å². The Kier molecular flexibility index (Phi) is 4.27. The van der Waals surface area contributed by atoms with Gasteiger partial charge in [0.2, 0.25) is 5.91 Å². The standard InChI is InChI=1S/C13H19ClN4O/c1-17(2)10-4-3-5-18(8-10)13-11(14)6-9(7-16-13)12(15)19/h6-7,10H,3-5,8H2,1-2H3,(H2,15,19). The van der Waals surface area contributed by atoms with Crippen molar-refractivity contribution in [2.24, 2.45) is 5.73 Å². The van der Waals surface area contributed by atoms with Gasteiger partial charge in [0.05, 0.1) is 10.6 Å². The number of hydrogen-bond acceptors (Lipinski definition) is 4. The van der Waals surface area contributed by atoms with Crippen LogP contribution in [0.5, 0.6) is 0 Å². The molecule has 0 bridgehead atoms. The average molecular weight is 283 g/mol. The quantitative estimate of drug-likeness (QED) is 0.909. The van der Waals surface area contributed by atoms with Crippen molar-refractivity contribution in [2.75, 3.05) is 32.1 Å². The molecule has 5 nitrogen and oxygen atoms in total. The van der Waals surface area contributed by atoms with Crippen LogP contribution in [0.3, 0.4) is 0 Å². The van der Waals surface area contributed by atoms with E-state index >= 15 is 0 Å². The van der Waals surface area contributed by atoms with Crippen LogP contribution in [-0.2, 0) is 0 Å². The summed E-state index contributed by atoms with van der Waals surface area (Å²) in [6, 6.07) is 2.09. The Labute approximate surface area is 118 Å². The molecule has 1 amide bonds. The van der Waals surface area contributed by atoms with E-state index in [4.69, 9.17) is 17.3 Å². The molecule has 0 saturated carbocycles. The lowest BCUT2D eigenvalue weighted by Gasteiger charge is -2.37. The Hall–Kier alpha value is -1.33. The Bertz CT molecular complexity index is 478. The lowest BCUT2D eigenvalue weighted by Crippen LogP contribution is -2.45. The number of carbonyl (C=O) groups excluding carboxylic acids is 1. The Morgan fingerprint density at radius 3 is 2.89 bits per heavy atom. The van der Waals surface area contributed by atoms with Crippen molar-refractivity contribution < 1.29 is 4.79 Å². The number of nitrogens with two attached hydrogens (primary N) is 1. The molecule has 19 heavy (non-hydrogen) atoms. The SMILES string of the molecule is CN(C)C1CCCN(c2ncc(C(N)=O)cc2Cl)C1. The molecular weight excluding hydrogens is 264 g/mol. The molecule has 2 N–H and O–H groups in total. The normalized spacial score (nSPS) is 19.8. The van der Waals surface area contributed by atoms with E-state index in [9.17, 15) is 4.79 Å². The number of amides is 1. The number of carbonyl (C=O) groups is 1. The topological polar surface area (TPSA) is 62.5 Å². The summed E-state index contributed by atoms with van der Waals surface area (Å²) in [5.74, 6) is 0.226. The Balaban J connectivity index is 2.19. The molecular formula is C13H19ClN4O. The molecule has 2 rings (SSSR count). The summed E-state index contributed by atoms with van der Waals surface area (Å²) in [6.07, 6.45) is 3.78. The van der Waals surface area contributed by atoms with Crippen molar-refractivity contribution in [3.05, 3.63) is 22.8 Å². The van der Waals surface area contributed by atoms with Crippen molar-refractivity contribution in [3.8, 4) is 0 Å². The van der Waals surface area contributed by atoms with Crippen LogP contribution < -0.4 is 10.6 Å². The van der Waals surface area contributed by atoms with E-state index in [0.717, 1.165) is 25.3 Å². The lowest BCUT2D eigenvalue weighted by atomic mass is 10.0. The van der Waals surface area contributed by atoms with Crippen LogP contribution in [0.25, 0.3) is 0 Å². The van der Waals surface area contributed by atoms with Gasteiger partial charge >= 0.3 is 0 Å². The van der Waals surface area contributed by atoms with Gasteiger partial charge in [0.1, 0.15) is 5.82 Å². The number of halogens is 1. The first-order valence-electron chi connectivity index (χ1n) is 6.35. The van der Waals surface area contributed by atoms with Gasteiger partial charge in [0.25, 0.3) is 0 Å². The summed E-state index contributed by atoms with van der Waals surface area (Å²) in [7, 11) is 4.17. The second kappa shape index (κ2) is 5.75. The highest BCUT2D eigenvalue weighted by Crippen LogP contribution is 2.27. The molecule has 1 unspecified atom stereocenters. The third-order valence-electron chi connectivity index (χ3n) is 3.53. The van der Waals surface area contributed by atoms with Crippen molar-refractivity contribution in [1.29, 1.82) is 0 Å². The van der Waals surface area contributed by atoms with Gasteiger partial charge in [0, 0.05) is 25.3 Å². The molecule has 2 heterocycles. The van der Waals surface area contributed by atoms with Crippen LogP contribution in [-0.4, -0.2) is 49.0 Å². The van der Waals surface area contributed by atoms with Gasteiger partial charge in [-0.15, -0.1) is 0 Å². The number of hydrogen-bond donors (Lipinski definition) is 1. The molecule has 1 atom stereocenters. The van der Waals surface area contributed by atoms with E-state index < -0.39 is 5.91 Å². The molecule has 1 saturated heterocycles. The zero-order valence-electron chi connectivity index (χ0n) is 11.3. The highest BCUT2D eigenvalue weighted by molar-refractivity contribution is 6.33. The Morgan fingerprint density at radius 1 is 1.58 bits per heavy atom. The molecule has 0 aliphatic carbocycles. The summed E-state index contributed by atoms with van der Waals surface area (Å²) in [5.41, 5.74) is 5.56. The van der Waals surface area contributed by atoms with Crippen molar-refractivity contribution in [1.82, 2.24) is 9.88 Å². The highest BCUT2D eigenvalue weighted by atomic mass is 35.5. The third kappa shape index (κ3) is 3.16. The number of nitrogens with zero attached hydrogens (tertiary/aromatic N) is 3. The van der Waals surface area contributed by atoms with Gasteiger partial charge in [-0.25, -0.2) is 4.98 Å². The molecule has 1 aromatic rings. The number of rotatable bonds is 3. The fourth-order valence-corrected chi connectivity index (χ4v) is 2.65. The maximum Gasteiger partial charge on any atom is 0.250 e. The number of anilines is 1. The average Bonchev–Trinajstić information content (AvgIpc) is 2.38. The molecule has 1 aliphatic rings. The number of pyridine rings is 1. The van der Waals surface area contributed by atoms with Crippen molar-refractivity contribution in [2.45, 2.75) is 18.9 Å². The Morgan fingerprint density at radius 2 is 2.32 bits per heavy atom. The van der Waals surface area contributed by atoms with E-state index in [2.05, 4.69) is 28.9 Å². The molecule has 0 aromatic carbocycles. The van der Waals surface area contributed by atoms with Crippen LogP contribution >= 0.6 is 11.6 Å². The molecule has 1 aromatic heterocycles. The summed E-state index contributed by atoms with van der Waals surface area (Å²) in [6.45, 7) is 1.84. The third-order valence-corrected chi connectivity index (χ3v) is 3.81. The molecule has 104 valence electrons. The van der Waals surface area contributed by atoms with E-state index in [-0.39, 0.29) is 0 Å². The summed E-state index contributed by atoms with van der Waals surface area (Å²) in [4.78, 5) is 19.8. The minimum atomic E-state index is -0.509. The minimum Gasteiger partial charge on any atom is -0.366 e. The van der Waals surface area contributed by atoms with Gasteiger partial charge in [-0.1, -0.05) is 11.6 Å². The van der Waals surface area contributed by atoms with Crippen LogP contribution in [0.1, 0.15) is 23.2 Å². The monoisotopic (exact) mass is 282 g/mol. The van der Waals surface area contributed by atoms with E-state index in [1.54, 1.807) is 6.07 Å². The van der Waals surface area contributed by atoms with Gasteiger partial charge in [-0.05, 0) is 33.0 Å². The fraction of sp³-hybridized carbons (Fsp3) is 0.538. The molecule has 1 fully saturated rings. The van der Waals surface area contributed by atoms with Gasteiger partial charge in [0.15, 0.2) is 0 Å². The summed E-state index contributed by atoms with van der Waals surface area (Å²) < 4.78 is 0. The molecule has 6 heteroatoms. The number of primary amides is 1. The van der Waals surface area contributed by atoms with E-state index in [1.165, 1.54) is 12.6 Å². The summed E-state index contributed by atoms with van der Waals surface area (Å²) in [5, 5.41) is 0.482. The highest BCUT2D eigenvalue weighted by Gasteiger charge is 2.24. The smallest absolute Gasteiger partial charge is 0.250 e. The predicted octanol–water partition coefficient (Wildman–Crippen LogP) is 1.36. The lowest BCUT2D eigenvalue weighted by molar-refractivity contribution is 0.1000. The first kappa shape index (κ1) is 14.1. The first-order chi connectivity index (χ1) is 8.99. The van der Waals surface area contributed by atoms with Crippen LogP contribution in [0, 0.1) is 0 Å².